The second-order valence-electron chi connectivity index (χ2n) is 4.91. The smallest absolute Gasteiger partial charge is 0.119 e. The minimum Gasteiger partial charge on any atom is -0.491 e. The number of nitrogens with one attached hydrogen (secondary N) is 1. The molecule has 0 saturated carbocycles. The molecule has 2 atom stereocenters. The minimum atomic E-state index is -0.545. The summed E-state index contributed by atoms with van der Waals surface area (Å²) < 4.78 is 5.51. The molecule has 0 fully saturated rings. The molecule has 0 aromatic heterocycles. The van der Waals surface area contributed by atoms with Crippen molar-refractivity contribution in [3.05, 3.63) is 29.8 Å². The van der Waals surface area contributed by atoms with E-state index in [1.165, 1.54) is 5.56 Å². The Balaban J connectivity index is 2.20. The van der Waals surface area contributed by atoms with Crippen LogP contribution in [0.5, 0.6) is 5.75 Å². The van der Waals surface area contributed by atoms with Crippen LogP contribution in [0.4, 0.5) is 0 Å². The Morgan fingerprint density at radius 2 is 1.89 bits per heavy atom. The van der Waals surface area contributed by atoms with E-state index in [0.717, 1.165) is 12.2 Å². The van der Waals surface area contributed by atoms with Gasteiger partial charge in [0.1, 0.15) is 18.5 Å². The molecule has 2 unspecified atom stereocenters. The quantitative estimate of drug-likeness (QED) is 0.629. The van der Waals surface area contributed by atoms with Crippen molar-refractivity contribution in [3.8, 4) is 5.75 Å². The molecule has 0 saturated heterocycles. The van der Waals surface area contributed by atoms with Crippen LogP contribution in [0, 0.1) is 5.92 Å². The molecule has 0 aliphatic carbocycles. The largest absolute Gasteiger partial charge is 0.491 e. The Kier molecular flexibility index (Phi) is 7.48. The molecule has 0 radical (unpaired) electrons. The van der Waals surface area contributed by atoms with Crippen LogP contribution < -0.4 is 10.1 Å². The second-order valence-corrected chi connectivity index (χ2v) is 4.91. The van der Waals surface area contributed by atoms with Crippen molar-refractivity contribution in [2.24, 2.45) is 5.92 Å². The maximum atomic E-state index is 9.75. The highest BCUT2D eigenvalue weighted by molar-refractivity contribution is 5.27. The van der Waals surface area contributed by atoms with Gasteiger partial charge in [-0.15, -0.1) is 0 Å². The van der Waals surface area contributed by atoms with E-state index < -0.39 is 6.10 Å². The fourth-order valence-corrected chi connectivity index (χ4v) is 1.63. The number of hydrogen-bond donors (Lipinski definition) is 3. The summed E-state index contributed by atoms with van der Waals surface area (Å²) in [7, 11) is 0. The van der Waals surface area contributed by atoms with Crippen LogP contribution in [0.25, 0.3) is 0 Å². The van der Waals surface area contributed by atoms with Gasteiger partial charge in [0.25, 0.3) is 0 Å². The van der Waals surface area contributed by atoms with Crippen molar-refractivity contribution >= 4 is 0 Å². The lowest BCUT2D eigenvalue weighted by Crippen LogP contribution is -2.34. The normalized spacial score (nSPS) is 14.1. The lowest BCUT2D eigenvalue weighted by Gasteiger charge is -2.15. The molecule has 1 rings (SSSR count). The summed E-state index contributed by atoms with van der Waals surface area (Å²) in [6.45, 7) is 5.65. The van der Waals surface area contributed by atoms with Gasteiger partial charge in [0.05, 0.1) is 0 Å². The van der Waals surface area contributed by atoms with E-state index >= 15 is 0 Å². The molecule has 4 heteroatoms. The van der Waals surface area contributed by atoms with Crippen LogP contribution in [-0.4, -0.2) is 42.6 Å². The summed E-state index contributed by atoms with van der Waals surface area (Å²) in [6.07, 6.45) is 0.465. The molecule has 0 spiro atoms. The van der Waals surface area contributed by atoms with Crippen molar-refractivity contribution in [2.45, 2.75) is 26.4 Å². The van der Waals surface area contributed by atoms with Crippen molar-refractivity contribution in [3.63, 3.8) is 0 Å². The van der Waals surface area contributed by atoms with Gasteiger partial charge in [-0.25, -0.2) is 0 Å². The van der Waals surface area contributed by atoms with Gasteiger partial charge in [-0.1, -0.05) is 26.0 Å². The molecule has 19 heavy (non-hydrogen) atoms. The topological polar surface area (TPSA) is 61.7 Å². The van der Waals surface area contributed by atoms with Gasteiger partial charge in [0, 0.05) is 13.2 Å². The molecule has 0 aliphatic heterocycles. The molecule has 0 amide bonds. The first kappa shape index (κ1) is 16.0. The fourth-order valence-electron chi connectivity index (χ4n) is 1.63. The SMILES string of the molecule is CCc1ccc(OCC(O)CNCC(C)CO)cc1. The predicted octanol–water partition coefficient (Wildman–Crippen LogP) is 1.21. The Morgan fingerprint density at radius 1 is 1.21 bits per heavy atom. The van der Waals surface area contributed by atoms with E-state index in [-0.39, 0.29) is 19.1 Å². The molecule has 108 valence electrons. The van der Waals surface area contributed by atoms with Gasteiger partial charge in [0.2, 0.25) is 0 Å². The van der Waals surface area contributed by atoms with E-state index in [0.29, 0.717) is 13.1 Å². The molecule has 0 bridgehead atoms. The van der Waals surface area contributed by atoms with Crippen molar-refractivity contribution < 1.29 is 14.9 Å². The third-order valence-corrected chi connectivity index (χ3v) is 2.96. The molecule has 3 N–H and O–H groups in total. The summed E-state index contributed by atoms with van der Waals surface area (Å²) in [6, 6.07) is 7.91. The van der Waals surface area contributed by atoms with Crippen LogP contribution >= 0.6 is 0 Å². The zero-order chi connectivity index (χ0) is 14.1. The number of aryl methyl sites for hydroxylation is 1. The summed E-state index contributed by atoms with van der Waals surface area (Å²) in [5.41, 5.74) is 1.27. The standard InChI is InChI=1S/C15H25NO3/c1-3-13-4-6-15(7-5-13)19-11-14(18)9-16-8-12(2)10-17/h4-7,12,14,16-18H,3,8-11H2,1-2H3. The fraction of sp³-hybridized carbons (Fsp3) is 0.600. The van der Waals surface area contributed by atoms with Crippen molar-refractivity contribution in [1.82, 2.24) is 5.32 Å². The average molecular weight is 267 g/mol. The minimum absolute atomic E-state index is 0.156. The van der Waals surface area contributed by atoms with Crippen molar-refractivity contribution in [2.75, 3.05) is 26.3 Å². The zero-order valence-electron chi connectivity index (χ0n) is 11.8. The third kappa shape index (κ3) is 6.57. The molecule has 1 aromatic carbocycles. The summed E-state index contributed by atoms with van der Waals surface area (Å²) in [4.78, 5) is 0. The van der Waals surface area contributed by atoms with E-state index in [4.69, 9.17) is 9.84 Å². The number of ether oxygens (including phenoxy) is 1. The Bertz CT molecular complexity index is 340. The summed E-state index contributed by atoms with van der Waals surface area (Å²) in [5.74, 6) is 0.981. The van der Waals surface area contributed by atoms with E-state index in [1.807, 2.05) is 31.2 Å². The monoisotopic (exact) mass is 267 g/mol. The lowest BCUT2D eigenvalue weighted by molar-refractivity contribution is 0.104. The van der Waals surface area contributed by atoms with Crippen LogP contribution in [0.3, 0.4) is 0 Å². The highest BCUT2D eigenvalue weighted by Gasteiger charge is 2.06. The first-order valence-corrected chi connectivity index (χ1v) is 6.87. The highest BCUT2D eigenvalue weighted by atomic mass is 16.5. The van der Waals surface area contributed by atoms with Gasteiger partial charge in [-0.3, -0.25) is 0 Å². The summed E-state index contributed by atoms with van der Waals surface area (Å²) >= 11 is 0. The van der Waals surface area contributed by atoms with Crippen molar-refractivity contribution in [1.29, 1.82) is 0 Å². The summed E-state index contributed by atoms with van der Waals surface area (Å²) in [5, 5.41) is 21.7. The maximum absolute atomic E-state index is 9.75. The van der Waals surface area contributed by atoms with Gasteiger partial charge in [0.15, 0.2) is 0 Å². The Labute approximate surface area is 115 Å². The Hall–Kier alpha value is -1.10. The number of hydrogen-bond acceptors (Lipinski definition) is 4. The van der Waals surface area contributed by atoms with Crippen LogP contribution in [-0.2, 0) is 6.42 Å². The van der Waals surface area contributed by atoms with Crippen LogP contribution in [0.1, 0.15) is 19.4 Å². The van der Waals surface area contributed by atoms with Crippen LogP contribution in [0.2, 0.25) is 0 Å². The van der Waals surface area contributed by atoms with Crippen LogP contribution in [0.15, 0.2) is 24.3 Å². The molecular formula is C15H25NO3. The molecule has 0 aliphatic rings. The molecule has 0 heterocycles. The van der Waals surface area contributed by atoms with Gasteiger partial charge in [-0.2, -0.15) is 0 Å². The second kappa shape index (κ2) is 8.91. The molecule has 4 nitrogen and oxygen atoms in total. The Morgan fingerprint density at radius 3 is 2.47 bits per heavy atom. The first-order chi connectivity index (χ1) is 9.15. The average Bonchev–Trinajstić information content (AvgIpc) is 2.45. The number of aliphatic hydroxyl groups excluding tert-OH is 2. The van der Waals surface area contributed by atoms with Gasteiger partial charge >= 0.3 is 0 Å². The molecule has 1 aromatic rings. The maximum Gasteiger partial charge on any atom is 0.119 e. The molecular weight excluding hydrogens is 242 g/mol. The first-order valence-electron chi connectivity index (χ1n) is 6.87. The number of benzene rings is 1. The predicted molar refractivity (Wildman–Crippen MR) is 76.4 cm³/mol. The number of rotatable bonds is 9. The number of aliphatic hydroxyl groups is 2. The lowest BCUT2D eigenvalue weighted by atomic mass is 10.2. The zero-order valence-corrected chi connectivity index (χ0v) is 11.8. The highest BCUT2D eigenvalue weighted by Crippen LogP contribution is 2.12. The van der Waals surface area contributed by atoms with E-state index in [1.54, 1.807) is 0 Å². The van der Waals surface area contributed by atoms with E-state index in [9.17, 15) is 5.11 Å². The van der Waals surface area contributed by atoms with E-state index in [2.05, 4.69) is 12.2 Å². The van der Waals surface area contributed by atoms with Gasteiger partial charge < -0.3 is 20.3 Å². The third-order valence-electron chi connectivity index (χ3n) is 2.96. The van der Waals surface area contributed by atoms with Gasteiger partial charge in [-0.05, 0) is 36.6 Å².